The minimum absolute atomic E-state index is 0.0366. The number of nitro benzene ring substituents is 1. The Balaban J connectivity index is 1.32. The number of nitro groups is 1. The lowest BCUT2D eigenvalue weighted by Crippen LogP contribution is -2.44. The van der Waals surface area contributed by atoms with E-state index in [-0.39, 0.29) is 40.9 Å². The number of carbonyl (C=O) groups is 2. The van der Waals surface area contributed by atoms with Crippen molar-refractivity contribution < 1.29 is 32.4 Å². The van der Waals surface area contributed by atoms with Crippen LogP contribution < -0.4 is 16.4 Å². The quantitative estimate of drug-likeness (QED) is 0.109. The summed E-state index contributed by atoms with van der Waals surface area (Å²) in [6, 6.07) is 26.3. The Morgan fingerprint density at radius 1 is 0.961 bits per heavy atom. The number of carbonyl (C=O) groups excluding carboxylic acids is 2. The van der Waals surface area contributed by atoms with Gasteiger partial charge in [0.25, 0.3) is 5.69 Å². The normalized spacial score (nSPS) is 17.9. The maximum absolute atomic E-state index is 14.0. The molecule has 3 aromatic rings. The van der Waals surface area contributed by atoms with Crippen molar-refractivity contribution in [2.24, 2.45) is 5.73 Å². The number of dihydropyridines is 1. The minimum atomic E-state index is -4.60. The third-order valence-electron chi connectivity index (χ3n) is 9.64. The molecule has 1 saturated heterocycles. The number of non-ortho nitro benzene ring substituents is 1. The third kappa shape index (κ3) is 8.84. The van der Waals surface area contributed by atoms with Crippen molar-refractivity contribution in [1.82, 2.24) is 15.5 Å². The fourth-order valence-electron chi connectivity index (χ4n) is 7.17. The maximum atomic E-state index is 14.0. The first-order valence-electron chi connectivity index (χ1n) is 17.0. The number of ether oxygens (including phenoxy) is 1. The molecule has 4 N–H and O–H groups in total. The summed E-state index contributed by atoms with van der Waals surface area (Å²) < 4.78 is 44.0. The minimum Gasteiger partial charge on any atom is -0.366 e. The van der Waals surface area contributed by atoms with Crippen LogP contribution >= 0.6 is 0 Å². The molecule has 0 aliphatic carbocycles. The van der Waals surface area contributed by atoms with Crippen molar-refractivity contribution in [1.29, 1.82) is 0 Å². The van der Waals surface area contributed by atoms with E-state index in [1.54, 1.807) is 6.92 Å². The zero-order chi connectivity index (χ0) is 36.6. The van der Waals surface area contributed by atoms with Gasteiger partial charge in [-0.15, -0.1) is 0 Å². The summed E-state index contributed by atoms with van der Waals surface area (Å²) in [7, 11) is 0. The van der Waals surface area contributed by atoms with Gasteiger partial charge < -0.3 is 26.0 Å². The summed E-state index contributed by atoms with van der Waals surface area (Å²) in [5, 5.41) is 17.2. The van der Waals surface area contributed by atoms with Gasteiger partial charge in [-0.25, -0.2) is 0 Å². The predicted octanol–water partition coefficient (Wildman–Crippen LogP) is 5.85. The number of alkyl halides is 3. The first-order chi connectivity index (χ1) is 24.4. The molecular weight excluding hydrogens is 663 g/mol. The number of halogens is 3. The summed E-state index contributed by atoms with van der Waals surface area (Å²) >= 11 is 0. The van der Waals surface area contributed by atoms with Crippen LogP contribution in [0.2, 0.25) is 0 Å². The van der Waals surface area contributed by atoms with Crippen molar-refractivity contribution in [2.75, 3.05) is 39.4 Å². The highest BCUT2D eigenvalue weighted by atomic mass is 19.4. The number of primary amides is 1. The van der Waals surface area contributed by atoms with Gasteiger partial charge in [-0.2, -0.15) is 13.2 Å². The predicted molar refractivity (Wildman–Crippen MR) is 186 cm³/mol. The smallest absolute Gasteiger partial charge is 0.366 e. The van der Waals surface area contributed by atoms with Gasteiger partial charge in [0.15, 0.2) is 0 Å². The lowest BCUT2D eigenvalue weighted by Gasteiger charge is -2.43. The van der Waals surface area contributed by atoms with Crippen LogP contribution in [0.4, 0.5) is 18.9 Å². The van der Waals surface area contributed by atoms with Gasteiger partial charge in [0.1, 0.15) is 6.61 Å². The lowest BCUT2D eigenvalue weighted by atomic mass is 9.68. The third-order valence-corrected chi connectivity index (χ3v) is 9.64. The number of benzene rings is 3. The van der Waals surface area contributed by atoms with E-state index < -0.39 is 42.0 Å². The highest BCUT2D eigenvalue weighted by Gasteiger charge is 2.39. The molecule has 0 radical (unpaired) electrons. The Hall–Kier alpha value is -5.01. The second-order valence-electron chi connectivity index (χ2n) is 12.8. The second-order valence-corrected chi connectivity index (χ2v) is 12.8. The molecule has 3 aromatic carbocycles. The Morgan fingerprint density at radius 2 is 1.55 bits per heavy atom. The van der Waals surface area contributed by atoms with Crippen LogP contribution in [0.1, 0.15) is 55.2 Å². The number of piperidine rings is 1. The van der Waals surface area contributed by atoms with Crippen LogP contribution in [0.5, 0.6) is 0 Å². The molecule has 2 amide bonds. The molecule has 2 aliphatic rings. The molecule has 0 aromatic heterocycles. The van der Waals surface area contributed by atoms with Crippen LogP contribution in [0, 0.1) is 10.1 Å². The number of nitrogens with two attached hydrogens (primary N) is 1. The number of nitrogens with zero attached hydrogens (tertiary/aromatic N) is 2. The maximum Gasteiger partial charge on any atom is 0.411 e. The molecule has 1 fully saturated rings. The Kier molecular flexibility index (Phi) is 11.9. The van der Waals surface area contributed by atoms with Crippen molar-refractivity contribution in [3.8, 4) is 0 Å². The molecular formula is C38H42F3N5O5. The fraction of sp³-hybridized carbons (Fsp3) is 0.368. The number of hydrogen-bond acceptors (Lipinski definition) is 7. The van der Waals surface area contributed by atoms with E-state index in [1.807, 2.05) is 12.1 Å². The molecule has 2 heterocycles. The van der Waals surface area contributed by atoms with Crippen LogP contribution in [0.3, 0.4) is 0 Å². The largest absolute Gasteiger partial charge is 0.411 e. The molecule has 2 aliphatic heterocycles. The molecule has 5 rings (SSSR count). The number of likely N-dealkylation sites (tertiary alicyclic amines) is 1. The first-order valence-corrected chi connectivity index (χ1v) is 17.0. The average molecular weight is 706 g/mol. The Labute approximate surface area is 294 Å². The van der Waals surface area contributed by atoms with E-state index in [9.17, 15) is 32.9 Å². The summed E-state index contributed by atoms with van der Waals surface area (Å²) in [5.74, 6) is -2.55. The monoisotopic (exact) mass is 705 g/mol. The van der Waals surface area contributed by atoms with Gasteiger partial charge in [0.2, 0.25) is 11.8 Å². The van der Waals surface area contributed by atoms with Crippen molar-refractivity contribution in [3.63, 3.8) is 0 Å². The standard InChI is InChI=1S/C38H42F3N5O5/c1-2-30-33(35(42)47)32(26-14-16-29(17-15-26)46(49)50)34(31(44-30)24-51-25-38(39,40)41)36(48)43-20-9-21-45-22-18-37(19-23-45,27-10-5-3-6-11-27)28-12-7-4-8-13-28/h3-8,10-17,32,44H,2,9,18-25H2,1H3,(H2,42,47)(H,43,48). The highest BCUT2D eigenvalue weighted by molar-refractivity contribution is 6.03. The topological polar surface area (TPSA) is 140 Å². The molecule has 0 saturated carbocycles. The number of amides is 2. The molecule has 51 heavy (non-hydrogen) atoms. The highest BCUT2D eigenvalue weighted by Crippen LogP contribution is 2.42. The van der Waals surface area contributed by atoms with E-state index in [0.717, 1.165) is 25.9 Å². The van der Waals surface area contributed by atoms with E-state index in [4.69, 9.17) is 10.5 Å². The molecule has 10 nitrogen and oxygen atoms in total. The van der Waals surface area contributed by atoms with Gasteiger partial charge in [0, 0.05) is 41.3 Å². The molecule has 0 bridgehead atoms. The van der Waals surface area contributed by atoms with Gasteiger partial charge >= 0.3 is 6.18 Å². The van der Waals surface area contributed by atoms with Gasteiger partial charge in [0.05, 0.1) is 22.8 Å². The summed E-state index contributed by atoms with van der Waals surface area (Å²) in [4.78, 5) is 39.9. The number of nitrogens with one attached hydrogen (secondary N) is 2. The molecule has 1 unspecified atom stereocenters. The zero-order valence-electron chi connectivity index (χ0n) is 28.4. The SMILES string of the molecule is CCC1=C(C(N)=O)C(c2ccc([N+](=O)[O-])cc2)C(C(=O)NCCCN2CCC(c3ccccc3)(c3ccccc3)CC2)=C(COCC(F)(F)F)N1. The Bertz CT molecular complexity index is 1710. The van der Waals surface area contributed by atoms with Crippen LogP contribution in [-0.4, -0.2) is 67.2 Å². The number of allylic oxidation sites excluding steroid dienone is 1. The molecule has 1 atom stereocenters. The van der Waals surface area contributed by atoms with Crippen molar-refractivity contribution in [3.05, 3.63) is 134 Å². The van der Waals surface area contributed by atoms with Gasteiger partial charge in [-0.1, -0.05) is 79.7 Å². The van der Waals surface area contributed by atoms with Crippen LogP contribution in [0.25, 0.3) is 0 Å². The molecule has 13 heteroatoms. The Morgan fingerprint density at radius 3 is 2.06 bits per heavy atom. The lowest BCUT2D eigenvalue weighted by molar-refractivity contribution is -0.384. The number of hydrogen-bond donors (Lipinski definition) is 3. The van der Waals surface area contributed by atoms with E-state index in [2.05, 4.69) is 64.1 Å². The summed E-state index contributed by atoms with van der Waals surface area (Å²) in [6.07, 6.45) is -1.92. The molecule has 270 valence electrons. The van der Waals surface area contributed by atoms with E-state index in [1.165, 1.54) is 35.4 Å². The van der Waals surface area contributed by atoms with E-state index in [0.29, 0.717) is 24.2 Å². The second kappa shape index (κ2) is 16.3. The summed E-state index contributed by atoms with van der Waals surface area (Å²) in [6.45, 7) is 2.24. The first kappa shape index (κ1) is 37.3. The summed E-state index contributed by atoms with van der Waals surface area (Å²) in [5.41, 5.74) is 8.79. The molecule has 0 spiro atoms. The van der Waals surface area contributed by atoms with Crippen LogP contribution in [-0.2, 0) is 19.7 Å². The van der Waals surface area contributed by atoms with Crippen molar-refractivity contribution in [2.45, 2.75) is 50.1 Å². The van der Waals surface area contributed by atoms with E-state index >= 15 is 0 Å². The fourth-order valence-corrected chi connectivity index (χ4v) is 7.17. The number of rotatable bonds is 14. The average Bonchev–Trinajstić information content (AvgIpc) is 3.13. The van der Waals surface area contributed by atoms with Gasteiger partial charge in [-0.3, -0.25) is 19.7 Å². The van der Waals surface area contributed by atoms with Crippen LogP contribution in [0.15, 0.2) is 107 Å². The van der Waals surface area contributed by atoms with Gasteiger partial charge in [-0.05, 0) is 62.0 Å². The van der Waals surface area contributed by atoms with Crippen molar-refractivity contribution >= 4 is 17.5 Å². The zero-order valence-corrected chi connectivity index (χ0v) is 28.4.